The summed E-state index contributed by atoms with van der Waals surface area (Å²) in [4.78, 5) is 21.9. The van der Waals surface area contributed by atoms with Crippen LogP contribution in [0.5, 0.6) is 0 Å². The third-order valence-corrected chi connectivity index (χ3v) is 3.16. The van der Waals surface area contributed by atoms with Crippen LogP contribution in [0.2, 0.25) is 0 Å². The maximum Gasteiger partial charge on any atom is 0.304 e. The van der Waals surface area contributed by atoms with Crippen LogP contribution in [0, 0.1) is 5.82 Å². The van der Waals surface area contributed by atoms with Gasteiger partial charge in [0.1, 0.15) is 5.69 Å². The van der Waals surface area contributed by atoms with Gasteiger partial charge in [-0.05, 0) is 12.1 Å². The molecular weight excluding hydrogens is 321 g/mol. The number of rotatable bonds is 7. The van der Waals surface area contributed by atoms with E-state index in [-0.39, 0.29) is 22.9 Å². The monoisotopic (exact) mass is 335 g/mol. The smallest absolute Gasteiger partial charge is 0.304 e. The highest BCUT2D eigenvalue weighted by Crippen LogP contribution is 2.35. The SMILES string of the molecule is Nc1n[nH]c(C(CC(=O)O)CC(=O)O)c1N=Nc1ccccc1F. The molecule has 0 spiro atoms. The second-order valence-electron chi connectivity index (χ2n) is 4.92. The van der Waals surface area contributed by atoms with Crippen molar-refractivity contribution in [1.82, 2.24) is 10.2 Å². The number of hydrogen-bond acceptors (Lipinski definition) is 6. The van der Waals surface area contributed by atoms with Crippen molar-refractivity contribution in [3.63, 3.8) is 0 Å². The topological polar surface area (TPSA) is 154 Å². The van der Waals surface area contributed by atoms with Gasteiger partial charge in [0.25, 0.3) is 0 Å². The normalized spacial score (nSPS) is 11.2. The number of aromatic nitrogens is 2. The van der Waals surface area contributed by atoms with Gasteiger partial charge in [0.05, 0.1) is 18.5 Å². The van der Waals surface area contributed by atoms with Gasteiger partial charge in [0.15, 0.2) is 17.3 Å². The molecule has 0 radical (unpaired) electrons. The van der Waals surface area contributed by atoms with Crippen molar-refractivity contribution in [1.29, 1.82) is 0 Å². The average Bonchev–Trinajstić information content (AvgIpc) is 2.86. The molecule has 10 heteroatoms. The van der Waals surface area contributed by atoms with E-state index < -0.39 is 36.5 Å². The summed E-state index contributed by atoms with van der Waals surface area (Å²) in [5, 5.41) is 31.6. The molecule has 0 saturated heterocycles. The lowest BCUT2D eigenvalue weighted by Crippen LogP contribution is -2.11. The number of halogens is 1. The highest BCUT2D eigenvalue weighted by atomic mass is 19.1. The molecule has 1 heterocycles. The predicted molar refractivity (Wildman–Crippen MR) is 80.8 cm³/mol. The minimum atomic E-state index is -1.19. The van der Waals surface area contributed by atoms with Crippen LogP contribution in [0.15, 0.2) is 34.5 Å². The third kappa shape index (κ3) is 4.12. The lowest BCUT2D eigenvalue weighted by Gasteiger charge is -2.10. The number of nitrogens with one attached hydrogen (secondary N) is 1. The fourth-order valence-electron chi connectivity index (χ4n) is 2.09. The zero-order valence-corrected chi connectivity index (χ0v) is 12.3. The number of aromatic amines is 1. The van der Waals surface area contributed by atoms with Crippen molar-refractivity contribution in [3.8, 4) is 0 Å². The van der Waals surface area contributed by atoms with E-state index in [1.165, 1.54) is 18.2 Å². The number of azo groups is 1. The quantitative estimate of drug-likeness (QED) is 0.570. The van der Waals surface area contributed by atoms with Crippen LogP contribution < -0.4 is 5.73 Å². The Kier molecular flexibility index (Phi) is 5.20. The summed E-state index contributed by atoms with van der Waals surface area (Å²) >= 11 is 0. The molecule has 24 heavy (non-hydrogen) atoms. The summed E-state index contributed by atoms with van der Waals surface area (Å²) in [7, 11) is 0. The number of carbonyl (C=O) groups is 2. The molecule has 0 aliphatic rings. The van der Waals surface area contributed by atoms with Crippen LogP contribution in [0.25, 0.3) is 0 Å². The van der Waals surface area contributed by atoms with Crippen LogP contribution >= 0.6 is 0 Å². The Balaban J connectivity index is 2.37. The largest absolute Gasteiger partial charge is 0.481 e. The molecule has 5 N–H and O–H groups in total. The van der Waals surface area contributed by atoms with Gasteiger partial charge in [-0.25, -0.2) is 4.39 Å². The van der Waals surface area contributed by atoms with Gasteiger partial charge in [-0.15, -0.1) is 10.2 Å². The van der Waals surface area contributed by atoms with E-state index >= 15 is 0 Å². The number of carboxylic acid groups (broad SMARTS) is 2. The number of hydrogen-bond donors (Lipinski definition) is 4. The first-order valence-electron chi connectivity index (χ1n) is 6.82. The lowest BCUT2D eigenvalue weighted by atomic mass is 9.96. The molecule has 0 unspecified atom stereocenters. The van der Waals surface area contributed by atoms with Crippen molar-refractivity contribution < 1.29 is 24.2 Å². The molecule has 9 nitrogen and oxygen atoms in total. The molecular formula is C14H14FN5O4. The van der Waals surface area contributed by atoms with Gasteiger partial charge < -0.3 is 15.9 Å². The summed E-state index contributed by atoms with van der Waals surface area (Å²) in [6.07, 6.45) is -0.924. The minimum absolute atomic E-state index is 0.00856. The molecule has 2 aromatic rings. The van der Waals surface area contributed by atoms with Crippen molar-refractivity contribution in [3.05, 3.63) is 35.8 Å². The molecule has 0 bridgehead atoms. The lowest BCUT2D eigenvalue weighted by molar-refractivity contribution is -0.139. The number of H-pyrrole nitrogens is 1. The summed E-state index contributed by atoms with van der Waals surface area (Å²) in [5.41, 5.74) is 5.73. The molecule has 1 aromatic heterocycles. The maximum atomic E-state index is 13.6. The Labute approximate surface area is 135 Å². The van der Waals surface area contributed by atoms with Gasteiger partial charge in [-0.1, -0.05) is 12.1 Å². The van der Waals surface area contributed by atoms with Crippen molar-refractivity contribution in [2.24, 2.45) is 10.2 Å². The second-order valence-corrected chi connectivity index (χ2v) is 4.92. The number of nitrogen functional groups attached to an aromatic ring is 1. The van der Waals surface area contributed by atoms with Crippen LogP contribution in [-0.4, -0.2) is 32.3 Å². The van der Waals surface area contributed by atoms with Gasteiger partial charge in [-0.2, -0.15) is 5.10 Å². The van der Waals surface area contributed by atoms with Gasteiger partial charge >= 0.3 is 11.9 Å². The molecule has 0 fully saturated rings. The summed E-state index contributed by atoms with van der Waals surface area (Å²) in [5.74, 6) is -4.00. The Morgan fingerprint density at radius 1 is 1.21 bits per heavy atom. The first kappa shape index (κ1) is 17.1. The predicted octanol–water partition coefficient (Wildman–Crippen LogP) is 2.58. The first-order valence-corrected chi connectivity index (χ1v) is 6.82. The maximum absolute atomic E-state index is 13.6. The molecule has 0 aliphatic carbocycles. The number of benzene rings is 1. The van der Waals surface area contributed by atoms with Gasteiger partial charge in [0.2, 0.25) is 0 Å². The van der Waals surface area contributed by atoms with E-state index in [4.69, 9.17) is 15.9 Å². The Bertz CT molecular complexity index is 773. The van der Waals surface area contributed by atoms with Crippen LogP contribution in [0.3, 0.4) is 0 Å². The zero-order valence-electron chi connectivity index (χ0n) is 12.3. The van der Waals surface area contributed by atoms with Gasteiger partial charge in [-0.3, -0.25) is 14.7 Å². The molecule has 0 atom stereocenters. The van der Waals surface area contributed by atoms with Crippen molar-refractivity contribution in [2.75, 3.05) is 5.73 Å². The number of anilines is 1. The van der Waals surface area contributed by atoms with Gasteiger partial charge in [0, 0.05) is 5.92 Å². The van der Waals surface area contributed by atoms with Crippen LogP contribution in [0.4, 0.5) is 21.6 Å². The Morgan fingerprint density at radius 3 is 2.42 bits per heavy atom. The van der Waals surface area contributed by atoms with E-state index in [2.05, 4.69) is 20.4 Å². The number of nitrogens with two attached hydrogens (primary N) is 1. The molecule has 0 aliphatic heterocycles. The highest BCUT2D eigenvalue weighted by Gasteiger charge is 2.25. The molecule has 2 rings (SSSR count). The fourth-order valence-corrected chi connectivity index (χ4v) is 2.09. The molecule has 1 aromatic carbocycles. The zero-order chi connectivity index (χ0) is 17.7. The van der Waals surface area contributed by atoms with Crippen LogP contribution in [-0.2, 0) is 9.59 Å². The van der Waals surface area contributed by atoms with E-state index in [0.717, 1.165) is 0 Å². The van der Waals surface area contributed by atoms with Crippen LogP contribution in [0.1, 0.15) is 24.5 Å². The average molecular weight is 335 g/mol. The van der Waals surface area contributed by atoms with E-state index in [1.54, 1.807) is 6.07 Å². The van der Waals surface area contributed by atoms with E-state index in [9.17, 15) is 14.0 Å². The van der Waals surface area contributed by atoms with Crippen molar-refractivity contribution in [2.45, 2.75) is 18.8 Å². The molecule has 0 amide bonds. The molecule has 126 valence electrons. The fraction of sp³-hybridized carbons (Fsp3) is 0.214. The summed E-state index contributed by atoms with van der Waals surface area (Å²) < 4.78 is 13.6. The number of nitrogens with zero attached hydrogens (tertiary/aromatic N) is 3. The van der Waals surface area contributed by atoms with Crippen molar-refractivity contribution >= 4 is 29.1 Å². The second kappa shape index (κ2) is 7.31. The first-order chi connectivity index (χ1) is 11.4. The Hall–Kier alpha value is -3.30. The number of aliphatic carboxylic acids is 2. The van der Waals surface area contributed by atoms with E-state index in [0.29, 0.717) is 0 Å². The standard InChI is InChI=1S/C14H14FN5O4/c15-8-3-1-2-4-9(8)17-19-13-12(18-20-14(13)16)7(5-10(21)22)6-11(23)24/h1-4,7H,5-6H2,(H,21,22)(H,23,24)(H3,16,18,20). The third-order valence-electron chi connectivity index (χ3n) is 3.16. The highest BCUT2D eigenvalue weighted by molar-refractivity contribution is 5.74. The Morgan fingerprint density at radius 2 is 1.83 bits per heavy atom. The minimum Gasteiger partial charge on any atom is -0.481 e. The summed E-state index contributed by atoms with van der Waals surface area (Å²) in [6, 6.07) is 5.64. The number of carboxylic acids is 2. The summed E-state index contributed by atoms with van der Waals surface area (Å²) in [6.45, 7) is 0. The molecule has 0 saturated carbocycles. The van der Waals surface area contributed by atoms with E-state index in [1.807, 2.05) is 0 Å².